The second-order valence-corrected chi connectivity index (χ2v) is 3.25. The second-order valence-electron chi connectivity index (χ2n) is 3.25. The smallest absolute Gasteiger partial charge is 0.227 e. The summed E-state index contributed by atoms with van der Waals surface area (Å²) in [4.78, 5) is 11.2. The van der Waals surface area contributed by atoms with Crippen LogP contribution in [0, 0.1) is 5.92 Å². The van der Waals surface area contributed by atoms with E-state index in [0.29, 0.717) is 0 Å². The summed E-state index contributed by atoms with van der Waals surface area (Å²) in [6.45, 7) is 5.95. The lowest BCUT2D eigenvalue weighted by Gasteiger charge is -2.21. The molecule has 0 aromatic heterocycles. The molecule has 1 amide bonds. The number of anilines is 1. The van der Waals surface area contributed by atoms with Crippen LogP contribution >= 0.6 is 0 Å². The molecule has 2 heteroatoms. The van der Waals surface area contributed by atoms with Gasteiger partial charge in [-0.2, -0.15) is 0 Å². The predicted octanol–water partition coefficient (Wildman–Crippen LogP) is 2.84. The highest BCUT2D eigenvalue weighted by atomic mass is 16.1. The summed E-state index contributed by atoms with van der Waals surface area (Å²) in [5.74, 6) is 0.244. The topological polar surface area (TPSA) is 29.1 Å². The van der Waals surface area contributed by atoms with Crippen LogP contribution < -0.4 is 5.32 Å². The van der Waals surface area contributed by atoms with Crippen LogP contribution in [0.4, 0.5) is 5.69 Å². The molecule has 2 nitrogen and oxygen atoms in total. The largest absolute Gasteiger partial charge is 0.326 e. The van der Waals surface area contributed by atoms with Gasteiger partial charge in [-0.3, -0.25) is 4.79 Å². The molecule has 0 saturated heterocycles. The average Bonchev–Trinajstić information content (AvgIpc) is 2.23. The van der Waals surface area contributed by atoms with Gasteiger partial charge in [0.15, 0.2) is 0 Å². The maximum Gasteiger partial charge on any atom is 0.227 e. The molecule has 0 fully saturated rings. The quantitative estimate of drug-likeness (QED) is 0.671. The van der Waals surface area contributed by atoms with Gasteiger partial charge in [-0.1, -0.05) is 39.0 Å². The van der Waals surface area contributed by atoms with E-state index in [-0.39, 0.29) is 11.8 Å². The molecule has 0 bridgehead atoms. The van der Waals surface area contributed by atoms with Crippen LogP contribution in [-0.2, 0) is 11.2 Å². The minimum atomic E-state index is 0.111. The van der Waals surface area contributed by atoms with E-state index in [4.69, 9.17) is 0 Å². The first-order chi connectivity index (χ1) is 6.77. The van der Waals surface area contributed by atoms with Crippen molar-refractivity contribution in [2.75, 3.05) is 5.32 Å². The Morgan fingerprint density at radius 3 is 2.64 bits per heavy atom. The highest BCUT2D eigenvalue weighted by Gasteiger charge is 2.20. The van der Waals surface area contributed by atoms with Gasteiger partial charge in [0.25, 0.3) is 0 Å². The van der Waals surface area contributed by atoms with Crippen molar-refractivity contribution in [3.05, 3.63) is 29.8 Å². The lowest BCUT2D eigenvalue weighted by molar-refractivity contribution is -0.119. The summed E-state index contributed by atoms with van der Waals surface area (Å²) >= 11 is 0. The third-order valence-corrected chi connectivity index (χ3v) is 2.25. The molecule has 1 aromatic carbocycles. The number of hydrogen-bond acceptors (Lipinski definition) is 1. The van der Waals surface area contributed by atoms with Crippen LogP contribution in [0.5, 0.6) is 0 Å². The molecule has 1 N–H and O–H groups in total. The number of amides is 1. The van der Waals surface area contributed by atoms with Crippen molar-refractivity contribution >= 4 is 11.6 Å². The lowest BCUT2D eigenvalue weighted by Crippen LogP contribution is -2.27. The highest BCUT2D eigenvalue weighted by molar-refractivity contribution is 5.95. The van der Waals surface area contributed by atoms with Crippen LogP contribution in [0.25, 0.3) is 0 Å². The van der Waals surface area contributed by atoms with Gasteiger partial charge >= 0.3 is 0 Å². The molecule has 0 radical (unpaired) electrons. The fraction of sp³-hybridized carbons (Fsp3) is 0.417. The standard InChI is InChI=1S/C10H11NO.C2H6/c1-7-6-8-4-2-3-5-9(8)11-10(7)12;1-2/h2-5,7H,6H2,1H3,(H,11,12);1-2H3. The van der Waals surface area contributed by atoms with Crippen molar-refractivity contribution in [2.24, 2.45) is 5.92 Å². The van der Waals surface area contributed by atoms with Crippen molar-refractivity contribution in [3.8, 4) is 0 Å². The first kappa shape index (κ1) is 10.8. The zero-order valence-corrected chi connectivity index (χ0v) is 9.00. The molecule has 1 aliphatic rings. The van der Waals surface area contributed by atoms with Crippen molar-refractivity contribution in [1.29, 1.82) is 0 Å². The Hall–Kier alpha value is -1.31. The average molecular weight is 191 g/mol. The van der Waals surface area contributed by atoms with Crippen LogP contribution in [0.1, 0.15) is 26.3 Å². The SMILES string of the molecule is CC.CC1Cc2ccccc2NC1=O. The summed E-state index contributed by atoms with van der Waals surface area (Å²) < 4.78 is 0. The predicted molar refractivity (Wildman–Crippen MR) is 59.3 cm³/mol. The van der Waals surface area contributed by atoms with Gasteiger partial charge < -0.3 is 5.32 Å². The first-order valence-electron chi connectivity index (χ1n) is 5.16. The van der Waals surface area contributed by atoms with Gasteiger partial charge in [0.2, 0.25) is 5.91 Å². The van der Waals surface area contributed by atoms with Gasteiger partial charge in [0.1, 0.15) is 0 Å². The number of hydrogen-bond donors (Lipinski definition) is 1. The number of nitrogens with one attached hydrogen (secondary N) is 1. The van der Waals surface area contributed by atoms with Gasteiger partial charge in [-0.25, -0.2) is 0 Å². The van der Waals surface area contributed by atoms with E-state index in [1.54, 1.807) is 0 Å². The van der Waals surface area contributed by atoms with E-state index in [1.807, 2.05) is 39.0 Å². The van der Waals surface area contributed by atoms with Crippen LogP contribution in [-0.4, -0.2) is 5.91 Å². The molecule has 1 heterocycles. The minimum Gasteiger partial charge on any atom is -0.326 e. The molecule has 1 aliphatic heterocycles. The van der Waals surface area contributed by atoms with E-state index in [1.165, 1.54) is 5.56 Å². The number of benzene rings is 1. The summed E-state index contributed by atoms with van der Waals surface area (Å²) in [6, 6.07) is 7.95. The zero-order chi connectivity index (χ0) is 10.6. The Kier molecular flexibility index (Phi) is 3.69. The van der Waals surface area contributed by atoms with Crippen LogP contribution in [0.15, 0.2) is 24.3 Å². The Balaban J connectivity index is 0.000000461. The van der Waals surface area contributed by atoms with Gasteiger partial charge in [0.05, 0.1) is 0 Å². The number of para-hydroxylation sites is 1. The second kappa shape index (κ2) is 4.80. The van der Waals surface area contributed by atoms with Gasteiger partial charge in [-0.05, 0) is 18.1 Å². The number of carbonyl (C=O) groups excluding carboxylic acids is 1. The molecular weight excluding hydrogens is 174 g/mol. The van der Waals surface area contributed by atoms with E-state index < -0.39 is 0 Å². The molecule has 0 aliphatic carbocycles. The Morgan fingerprint density at radius 1 is 1.29 bits per heavy atom. The molecule has 1 aromatic rings. The molecule has 14 heavy (non-hydrogen) atoms. The third-order valence-electron chi connectivity index (χ3n) is 2.25. The fourth-order valence-electron chi connectivity index (χ4n) is 1.50. The highest BCUT2D eigenvalue weighted by Crippen LogP contribution is 2.24. The van der Waals surface area contributed by atoms with Crippen molar-refractivity contribution in [2.45, 2.75) is 27.2 Å². The normalized spacial score (nSPS) is 18.8. The molecule has 1 unspecified atom stereocenters. The number of rotatable bonds is 0. The lowest BCUT2D eigenvalue weighted by atomic mass is 9.95. The summed E-state index contributed by atoms with van der Waals surface area (Å²) in [7, 11) is 0. The van der Waals surface area contributed by atoms with Crippen LogP contribution in [0.3, 0.4) is 0 Å². The number of fused-ring (bicyclic) bond motifs is 1. The van der Waals surface area contributed by atoms with Crippen molar-refractivity contribution in [3.63, 3.8) is 0 Å². The maximum atomic E-state index is 11.2. The molecule has 0 spiro atoms. The van der Waals surface area contributed by atoms with Crippen molar-refractivity contribution < 1.29 is 4.79 Å². The summed E-state index contributed by atoms with van der Waals surface area (Å²) in [6.07, 6.45) is 0.863. The molecule has 76 valence electrons. The van der Waals surface area contributed by atoms with E-state index in [9.17, 15) is 4.79 Å². The summed E-state index contributed by atoms with van der Waals surface area (Å²) in [5, 5.41) is 2.87. The van der Waals surface area contributed by atoms with Gasteiger partial charge in [-0.15, -0.1) is 0 Å². The van der Waals surface area contributed by atoms with E-state index >= 15 is 0 Å². The number of carbonyl (C=O) groups is 1. The molecule has 0 saturated carbocycles. The summed E-state index contributed by atoms with van der Waals surface area (Å²) in [5.41, 5.74) is 2.21. The Morgan fingerprint density at radius 2 is 1.93 bits per heavy atom. The monoisotopic (exact) mass is 191 g/mol. The third kappa shape index (κ3) is 2.13. The minimum absolute atomic E-state index is 0.111. The van der Waals surface area contributed by atoms with E-state index in [0.717, 1.165) is 12.1 Å². The zero-order valence-electron chi connectivity index (χ0n) is 9.00. The molecular formula is C12H17NO. The van der Waals surface area contributed by atoms with Gasteiger partial charge in [0, 0.05) is 11.6 Å². The first-order valence-corrected chi connectivity index (χ1v) is 5.16. The maximum absolute atomic E-state index is 11.2. The molecule has 1 atom stereocenters. The van der Waals surface area contributed by atoms with E-state index in [2.05, 4.69) is 11.4 Å². The van der Waals surface area contributed by atoms with Crippen molar-refractivity contribution in [1.82, 2.24) is 0 Å². The fourth-order valence-corrected chi connectivity index (χ4v) is 1.50. The van der Waals surface area contributed by atoms with Crippen LogP contribution in [0.2, 0.25) is 0 Å². The Labute approximate surface area is 85.3 Å². The molecule has 2 rings (SSSR count). The Bertz CT molecular complexity index is 320.